The number of benzene rings is 1. The average molecular weight is 359 g/mol. The van der Waals surface area contributed by atoms with Crippen LogP contribution in [0.2, 0.25) is 15.3 Å². The van der Waals surface area contributed by atoms with Gasteiger partial charge in [-0.1, -0.05) is 34.8 Å². The van der Waals surface area contributed by atoms with Gasteiger partial charge in [0.1, 0.15) is 5.02 Å². The van der Waals surface area contributed by atoms with Crippen LogP contribution in [0.25, 0.3) is 11.4 Å². The molecule has 0 aliphatic carbocycles. The summed E-state index contributed by atoms with van der Waals surface area (Å²) in [6.07, 6.45) is 0. The normalized spacial score (nSPS) is 11.3. The van der Waals surface area contributed by atoms with Gasteiger partial charge in [0.25, 0.3) is 0 Å². The third kappa shape index (κ3) is 3.65. The largest absolute Gasteiger partial charge is 0.367 e. The van der Waals surface area contributed by atoms with Crippen molar-refractivity contribution in [1.82, 2.24) is 9.97 Å². The average Bonchev–Trinajstić information content (AvgIpc) is 2.44. The lowest BCUT2D eigenvalue weighted by molar-refractivity contribution is 0.608. The fourth-order valence-electron chi connectivity index (χ4n) is 2.50. The van der Waals surface area contributed by atoms with Crippen LogP contribution in [0.5, 0.6) is 0 Å². The third-order valence-electron chi connectivity index (χ3n) is 3.31. The van der Waals surface area contributed by atoms with E-state index in [-0.39, 0.29) is 15.3 Å². The summed E-state index contributed by atoms with van der Waals surface area (Å²) in [5.41, 5.74) is 2.00. The monoisotopic (exact) mass is 357 g/mol. The van der Waals surface area contributed by atoms with Gasteiger partial charge in [0.05, 0.1) is 0 Å². The minimum Gasteiger partial charge on any atom is -0.367 e. The van der Waals surface area contributed by atoms with Crippen LogP contribution in [0.15, 0.2) is 24.3 Å². The van der Waals surface area contributed by atoms with Gasteiger partial charge in [-0.15, -0.1) is 0 Å². The van der Waals surface area contributed by atoms with E-state index < -0.39 is 0 Å². The fourth-order valence-corrected chi connectivity index (χ4v) is 2.97. The Morgan fingerprint density at radius 2 is 1.27 bits per heavy atom. The molecule has 2 rings (SSSR count). The van der Waals surface area contributed by atoms with Gasteiger partial charge in [0.2, 0.25) is 0 Å². The van der Waals surface area contributed by atoms with Crippen LogP contribution < -0.4 is 4.90 Å². The van der Waals surface area contributed by atoms with Crippen LogP contribution in [0.1, 0.15) is 27.7 Å². The molecule has 6 heteroatoms. The second kappa shape index (κ2) is 7.03. The number of nitrogens with zero attached hydrogens (tertiary/aromatic N) is 3. The number of aromatic nitrogens is 2. The van der Waals surface area contributed by atoms with Crippen LogP contribution in [-0.4, -0.2) is 22.1 Å². The van der Waals surface area contributed by atoms with E-state index in [0.29, 0.717) is 17.9 Å². The molecule has 0 N–H and O–H groups in total. The summed E-state index contributed by atoms with van der Waals surface area (Å²) in [5.74, 6) is 0.464. The smallest absolute Gasteiger partial charge is 0.162 e. The van der Waals surface area contributed by atoms with Crippen molar-refractivity contribution in [2.24, 2.45) is 0 Å². The van der Waals surface area contributed by atoms with Crippen LogP contribution in [0.3, 0.4) is 0 Å². The summed E-state index contributed by atoms with van der Waals surface area (Å²) in [4.78, 5) is 10.7. The lowest BCUT2D eigenvalue weighted by Crippen LogP contribution is -2.36. The number of hydrogen-bond donors (Lipinski definition) is 0. The van der Waals surface area contributed by atoms with Crippen molar-refractivity contribution in [2.75, 3.05) is 4.90 Å². The van der Waals surface area contributed by atoms with Gasteiger partial charge < -0.3 is 4.90 Å². The highest BCUT2D eigenvalue weighted by atomic mass is 35.5. The Hall–Kier alpha value is -1.03. The Balaban J connectivity index is 2.37. The highest BCUT2D eigenvalue weighted by Crippen LogP contribution is 2.30. The molecule has 2 aromatic rings. The van der Waals surface area contributed by atoms with Gasteiger partial charge in [-0.3, -0.25) is 0 Å². The third-order valence-corrected chi connectivity index (χ3v) is 4.41. The van der Waals surface area contributed by atoms with E-state index in [1.165, 1.54) is 0 Å². The van der Waals surface area contributed by atoms with Crippen molar-refractivity contribution in [1.29, 1.82) is 0 Å². The molecule has 0 fully saturated rings. The maximum atomic E-state index is 5.96. The van der Waals surface area contributed by atoms with Gasteiger partial charge in [0.15, 0.2) is 16.1 Å². The summed E-state index contributed by atoms with van der Waals surface area (Å²) >= 11 is 17.8. The van der Waals surface area contributed by atoms with Crippen molar-refractivity contribution in [3.8, 4) is 11.4 Å². The van der Waals surface area contributed by atoms with Crippen molar-refractivity contribution < 1.29 is 0 Å². The van der Waals surface area contributed by atoms with E-state index in [2.05, 4.69) is 54.7 Å². The zero-order valence-corrected chi connectivity index (χ0v) is 15.2. The molecule has 0 radical (unpaired) electrons. The predicted molar refractivity (Wildman–Crippen MR) is 95.2 cm³/mol. The van der Waals surface area contributed by atoms with E-state index >= 15 is 0 Å². The summed E-state index contributed by atoms with van der Waals surface area (Å²) in [6.45, 7) is 8.71. The number of anilines is 1. The van der Waals surface area contributed by atoms with E-state index in [1.807, 2.05) is 12.1 Å². The molecule has 0 aliphatic heterocycles. The number of halogens is 3. The van der Waals surface area contributed by atoms with Crippen molar-refractivity contribution in [2.45, 2.75) is 39.8 Å². The highest BCUT2D eigenvalue weighted by Gasteiger charge is 2.15. The number of rotatable bonds is 4. The summed E-state index contributed by atoms with van der Waals surface area (Å²) < 4.78 is 0. The summed E-state index contributed by atoms with van der Waals surface area (Å²) in [6, 6.07) is 8.86. The van der Waals surface area contributed by atoms with Gasteiger partial charge in [-0.2, -0.15) is 0 Å². The van der Waals surface area contributed by atoms with Gasteiger partial charge >= 0.3 is 0 Å². The van der Waals surface area contributed by atoms with Crippen molar-refractivity contribution in [3.05, 3.63) is 39.6 Å². The lowest BCUT2D eigenvalue weighted by Gasteiger charge is -2.33. The second-order valence-corrected chi connectivity index (χ2v) is 6.68. The Morgan fingerprint density at radius 3 is 1.68 bits per heavy atom. The first-order valence-electron chi connectivity index (χ1n) is 7.08. The molecule has 0 saturated carbocycles. The summed E-state index contributed by atoms with van der Waals surface area (Å²) in [7, 11) is 0. The van der Waals surface area contributed by atoms with E-state index in [0.717, 1.165) is 11.3 Å². The molecule has 0 bridgehead atoms. The lowest BCUT2D eigenvalue weighted by atomic mass is 10.1. The molecule has 0 unspecified atom stereocenters. The van der Waals surface area contributed by atoms with Crippen LogP contribution in [0, 0.1) is 0 Å². The van der Waals surface area contributed by atoms with E-state index in [4.69, 9.17) is 34.8 Å². The van der Waals surface area contributed by atoms with Crippen LogP contribution in [-0.2, 0) is 0 Å². The maximum Gasteiger partial charge on any atom is 0.162 e. The molecular weight excluding hydrogens is 341 g/mol. The Bertz CT molecular complexity index is 623. The molecule has 0 saturated heterocycles. The van der Waals surface area contributed by atoms with Crippen molar-refractivity contribution >= 4 is 40.5 Å². The topological polar surface area (TPSA) is 29.0 Å². The molecule has 0 atom stereocenters. The molecule has 1 aromatic heterocycles. The van der Waals surface area contributed by atoms with Gasteiger partial charge in [-0.25, -0.2) is 9.97 Å². The minimum atomic E-state index is 0.159. The highest BCUT2D eigenvalue weighted by molar-refractivity contribution is 6.46. The number of hydrogen-bond acceptors (Lipinski definition) is 3. The second-order valence-electron chi connectivity index (χ2n) is 5.58. The first kappa shape index (κ1) is 17.3. The predicted octanol–water partition coefficient (Wildman–Crippen LogP) is 5.73. The molecule has 22 heavy (non-hydrogen) atoms. The molecule has 0 amide bonds. The molecule has 0 spiro atoms. The van der Waals surface area contributed by atoms with E-state index in [9.17, 15) is 0 Å². The minimum absolute atomic E-state index is 0.159. The van der Waals surface area contributed by atoms with E-state index in [1.54, 1.807) is 0 Å². The van der Waals surface area contributed by atoms with Crippen molar-refractivity contribution in [3.63, 3.8) is 0 Å². The molecule has 1 heterocycles. The van der Waals surface area contributed by atoms with Crippen LogP contribution in [0.4, 0.5) is 5.69 Å². The van der Waals surface area contributed by atoms with Gasteiger partial charge in [-0.05, 0) is 52.0 Å². The molecule has 1 aromatic carbocycles. The Kier molecular flexibility index (Phi) is 5.54. The molecule has 3 nitrogen and oxygen atoms in total. The Morgan fingerprint density at radius 1 is 0.818 bits per heavy atom. The maximum absolute atomic E-state index is 5.96. The summed E-state index contributed by atoms with van der Waals surface area (Å²) in [5, 5.41) is 0.493. The standard InChI is InChI=1S/C16H18Cl3N3/c1-9(2)22(10(3)4)12-7-5-11(6-8-12)16-20-14(18)13(17)15(19)21-16/h5-10H,1-4H3. The van der Waals surface area contributed by atoms with Crippen LogP contribution >= 0.6 is 34.8 Å². The Labute approximate surface area is 146 Å². The zero-order chi connectivity index (χ0) is 16.4. The first-order chi connectivity index (χ1) is 10.3. The fraction of sp³-hybridized carbons (Fsp3) is 0.375. The molecular formula is C16H18Cl3N3. The quantitative estimate of drug-likeness (QED) is 0.654. The SMILES string of the molecule is CC(C)N(c1ccc(-c2nc(Cl)c(Cl)c(Cl)n2)cc1)C(C)C. The zero-order valence-electron chi connectivity index (χ0n) is 12.9. The molecule has 118 valence electrons. The molecule has 0 aliphatic rings. The first-order valence-corrected chi connectivity index (χ1v) is 8.22. The van der Waals surface area contributed by atoms with Gasteiger partial charge in [0, 0.05) is 23.3 Å².